The summed E-state index contributed by atoms with van der Waals surface area (Å²) in [6, 6.07) is 8.60. The van der Waals surface area contributed by atoms with Crippen LogP contribution in [-0.4, -0.2) is 44.3 Å². The number of hydrogen-bond donors (Lipinski definition) is 1. The maximum atomic E-state index is 11.6. The lowest BCUT2D eigenvalue weighted by Crippen LogP contribution is -2.48. The van der Waals surface area contributed by atoms with Crippen LogP contribution in [0.15, 0.2) is 24.3 Å². The molecule has 21 heavy (non-hydrogen) atoms. The zero-order valence-electron chi connectivity index (χ0n) is 13.0. The first kappa shape index (κ1) is 15.6. The van der Waals surface area contributed by atoms with Gasteiger partial charge in [-0.15, -0.1) is 0 Å². The van der Waals surface area contributed by atoms with Gasteiger partial charge >= 0.3 is 6.09 Å². The lowest BCUT2D eigenvalue weighted by Gasteiger charge is -2.34. The molecule has 2 rings (SSSR count). The van der Waals surface area contributed by atoms with E-state index in [1.807, 2.05) is 12.1 Å². The second-order valence-electron chi connectivity index (χ2n) is 5.42. The quantitative estimate of drug-likeness (QED) is 0.926. The Morgan fingerprint density at radius 3 is 2.67 bits per heavy atom. The second kappa shape index (κ2) is 7.31. The van der Waals surface area contributed by atoms with Gasteiger partial charge in [-0.05, 0) is 37.5 Å². The largest absolute Gasteiger partial charge is 0.497 e. The van der Waals surface area contributed by atoms with E-state index in [9.17, 15) is 4.79 Å². The standard InChI is InChI=1S/C16H24N2O3/c1-12(13-6-8-15(20-2)9-7-13)17-14-5-4-10-18(11-14)16(19)21-3/h6-9,12,14,17H,4-5,10-11H2,1-3H3/t12-,14-/m1/s1. The van der Waals surface area contributed by atoms with Gasteiger partial charge in [0.2, 0.25) is 0 Å². The molecule has 1 N–H and O–H groups in total. The number of carbonyl (C=O) groups is 1. The van der Waals surface area contributed by atoms with Crippen molar-refractivity contribution in [2.45, 2.75) is 31.8 Å². The molecule has 1 saturated heterocycles. The van der Waals surface area contributed by atoms with Crippen LogP contribution in [0.4, 0.5) is 4.79 Å². The van der Waals surface area contributed by atoms with Gasteiger partial charge in [0.1, 0.15) is 5.75 Å². The van der Waals surface area contributed by atoms with Gasteiger partial charge in [-0.1, -0.05) is 12.1 Å². The summed E-state index contributed by atoms with van der Waals surface area (Å²) in [6.07, 6.45) is 1.84. The van der Waals surface area contributed by atoms with E-state index >= 15 is 0 Å². The molecule has 2 atom stereocenters. The average Bonchev–Trinajstić information content (AvgIpc) is 2.54. The minimum Gasteiger partial charge on any atom is -0.497 e. The highest BCUT2D eigenvalue weighted by Gasteiger charge is 2.25. The first-order valence-corrected chi connectivity index (χ1v) is 7.37. The first-order chi connectivity index (χ1) is 10.1. The summed E-state index contributed by atoms with van der Waals surface area (Å²) in [5, 5.41) is 3.59. The topological polar surface area (TPSA) is 50.8 Å². The van der Waals surface area contributed by atoms with Gasteiger partial charge in [-0.25, -0.2) is 4.79 Å². The summed E-state index contributed by atoms with van der Waals surface area (Å²) in [7, 11) is 3.10. The fourth-order valence-corrected chi connectivity index (χ4v) is 2.75. The number of rotatable bonds is 4. The molecule has 1 aromatic carbocycles. The van der Waals surface area contributed by atoms with Gasteiger partial charge in [0.05, 0.1) is 14.2 Å². The van der Waals surface area contributed by atoms with E-state index in [1.165, 1.54) is 12.7 Å². The highest BCUT2D eigenvalue weighted by atomic mass is 16.5. The Hall–Kier alpha value is -1.75. The fourth-order valence-electron chi connectivity index (χ4n) is 2.75. The molecule has 0 radical (unpaired) electrons. The predicted octanol–water partition coefficient (Wildman–Crippen LogP) is 2.58. The van der Waals surface area contributed by atoms with E-state index in [1.54, 1.807) is 12.0 Å². The molecule has 1 aromatic rings. The smallest absolute Gasteiger partial charge is 0.409 e. The summed E-state index contributed by atoms with van der Waals surface area (Å²) < 4.78 is 9.97. The summed E-state index contributed by atoms with van der Waals surface area (Å²) in [5.41, 5.74) is 1.21. The van der Waals surface area contributed by atoms with Crippen molar-refractivity contribution in [3.8, 4) is 5.75 Å². The van der Waals surface area contributed by atoms with Crippen LogP contribution < -0.4 is 10.1 Å². The average molecular weight is 292 g/mol. The van der Waals surface area contributed by atoms with Crippen LogP contribution in [0.3, 0.4) is 0 Å². The minimum atomic E-state index is -0.237. The molecular formula is C16H24N2O3. The summed E-state index contributed by atoms with van der Waals surface area (Å²) in [5.74, 6) is 0.862. The van der Waals surface area contributed by atoms with Crippen LogP contribution in [0.1, 0.15) is 31.4 Å². The number of piperidine rings is 1. The van der Waals surface area contributed by atoms with E-state index < -0.39 is 0 Å². The molecule has 0 aliphatic carbocycles. The number of benzene rings is 1. The second-order valence-corrected chi connectivity index (χ2v) is 5.42. The summed E-state index contributed by atoms with van der Waals surface area (Å²) >= 11 is 0. The number of ether oxygens (including phenoxy) is 2. The lowest BCUT2D eigenvalue weighted by molar-refractivity contribution is 0.106. The molecule has 0 aromatic heterocycles. The molecule has 0 saturated carbocycles. The fraction of sp³-hybridized carbons (Fsp3) is 0.562. The van der Waals surface area contributed by atoms with Crippen LogP contribution in [0.2, 0.25) is 0 Å². The Morgan fingerprint density at radius 1 is 1.33 bits per heavy atom. The van der Waals surface area contributed by atoms with Crippen LogP contribution >= 0.6 is 0 Å². The Labute approximate surface area is 126 Å². The van der Waals surface area contributed by atoms with Crippen molar-refractivity contribution in [1.29, 1.82) is 0 Å². The molecule has 0 spiro atoms. The normalized spacial score (nSPS) is 20.0. The van der Waals surface area contributed by atoms with E-state index in [2.05, 4.69) is 24.4 Å². The van der Waals surface area contributed by atoms with Crippen LogP contribution in [0.25, 0.3) is 0 Å². The van der Waals surface area contributed by atoms with Crippen molar-refractivity contribution in [3.05, 3.63) is 29.8 Å². The van der Waals surface area contributed by atoms with Crippen molar-refractivity contribution in [2.75, 3.05) is 27.3 Å². The Bertz CT molecular complexity index is 461. The molecule has 116 valence electrons. The summed E-state index contributed by atoms with van der Waals surface area (Å²) in [4.78, 5) is 13.4. The van der Waals surface area contributed by atoms with Crippen molar-refractivity contribution in [3.63, 3.8) is 0 Å². The molecule has 1 amide bonds. The number of nitrogens with one attached hydrogen (secondary N) is 1. The Kier molecular flexibility index (Phi) is 5.44. The number of carbonyl (C=O) groups excluding carboxylic acids is 1. The third kappa shape index (κ3) is 4.11. The zero-order chi connectivity index (χ0) is 15.2. The number of nitrogens with zero attached hydrogens (tertiary/aromatic N) is 1. The highest BCUT2D eigenvalue weighted by Crippen LogP contribution is 2.20. The lowest BCUT2D eigenvalue weighted by atomic mass is 10.0. The van der Waals surface area contributed by atoms with E-state index in [0.717, 1.165) is 25.1 Å². The summed E-state index contributed by atoms with van der Waals surface area (Å²) in [6.45, 7) is 3.62. The van der Waals surface area contributed by atoms with Crippen LogP contribution in [-0.2, 0) is 4.74 Å². The third-order valence-electron chi connectivity index (χ3n) is 3.96. The SMILES string of the molecule is COC(=O)N1CCC[C@@H](N[C@H](C)c2ccc(OC)cc2)C1. The molecule has 5 heteroatoms. The molecule has 1 fully saturated rings. The van der Waals surface area contributed by atoms with Gasteiger partial charge in [-0.3, -0.25) is 0 Å². The van der Waals surface area contributed by atoms with Crippen LogP contribution in [0, 0.1) is 0 Å². The third-order valence-corrected chi connectivity index (χ3v) is 3.96. The molecule has 0 bridgehead atoms. The van der Waals surface area contributed by atoms with Gasteiger partial charge in [-0.2, -0.15) is 0 Å². The molecule has 5 nitrogen and oxygen atoms in total. The Morgan fingerprint density at radius 2 is 2.05 bits per heavy atom. The van der Waals surface area contributed by atoms with Crippen molar-refractivity contribution < 1.29 is 14.3 Å². The number of amides is 1. The maximum Gasteiger partial charge on any atom is 0.409 e. The molecule has 0 unspecified atom stereocenters. The molecule has 1 aliphatic rings. The van der Waals surface area contributed by atoms with E-state index in [4.69, 9.17) is 9.47 Å². The monoisotopic (exact) mass is 292 g/mol. The van der Waals surface area contributed by atoms with Gasteiger partial charge in [0, 0.05) is 25.2 Å². The van der Waals surface area contributed by atoms with Crippen molar-refractivity contribution in [2.24, 2.45) is 0 Å². The van der Waals surface area contributed by atoms with Gasteiger partial charge in [0.25, 0.3) is 0 Å². The number of hydrogen-bond acceptors (Lipinski definition) is 4. The Balaban J connectivity index is 1.91. The predicted molar refractivity (Wildman–Crippen MR) is 81.5 cm³/mol. The minimum absolute atomic E-state index is 0.235. The van der Waals surface area contributed by atoms with Crippen molar-refractivity contribution >= 4 is 6.09 Å². The van der Waals surface area contributed by atoms with Crippen molar-refractivity contribution in [1.82, 2.24) is 10.2 Å². The number of likely N-dealkylation sites (tertiary alicyclic amines) is 1. The first-order valence-electron chi connectivity index (χ1n) is 7.37. The van der Waals surface area contributed by atoms with E-state index in [0.29, 0.717) is 12.6 Å². The molecular weight excluding hydrogens is 268 g/mol. The molecule has 1 heterocycles. The molecule has 1 aliphatic heterocycles. The number of methoxy groups -OCH3 is 2. The van der Waals surface area contributed by atoms with Crippen LogP contribution in [0.5, 0.6) is 5.75 Å². The van der Waals surface area contributed by atoms with Gasteiger partial charge < -0.3 is 19.7 Å². The zero-order valence-corrected chi connectivity index (χ0v) is 13.0. The van der Waals surface area contributed by atoms with E-state index in [-0.39, 0.29) is 12.1 Å². The maximum absolute atomic E-state index is 11.6. The highest BCUT2D eigenvalue weighted by molar-refractivity contribution is 5.67. The van der Waals surface area contributed by atoms with Gasteiger partial charge in [0.15, 0.2) is 0 Å².